The normalized spacial score (nSPS) is 12.2. The van der Waals surface area contributed by atoms with Gasteiger partial charge in [0.1, 0.15) is 0 Å². The quantitative estimate of drug-likeness (QED) is 0.764. The second kappa shape index (κ2) is 8.60. The summed E-state index contributed by atoms with van der Waals surface area (Å²) >= 11 is 0. The lowest BCUT2D eigenvalue weighted by molar-refractivity contribution is -0.124. The van der Waals surface area contributed by atoms with Crippen molar-refractivity contribution in [2.24, 2.45) is 13.0 Å². The summed E-state index contributed by atoms with van der Waals surface area (Å²) in [7, 11) is 1.47. The van der Waals surface area contributed by atoms with E-state index in [1.54, 1.807) is 24.3 Å². The van der Waals surface area contributed by atoms with E-state index in [1.165, 1.54) is 7.05 Å². The molecule has 1 aromatic carbocycles. The van der Waals surface area contributed by atoms with Crippen molar-refractivity contribution >= 4 is 22.6 Å². The third-order valence-electron chi connectivity index (χ3n) is 4.07. The number of aryl methyl sites for hydroxylation is 1. The van der Waals surface area contributed by atoms with Crippen LogP contribution in [0.2, 0.25) is 0 Å². The Morgan fingerprint density at radius 3 is 2.46 bits per heavy atom. The molecule has 2 aromatic rings. The Morgan fingerprint density at radius 1 is 1.15 bits per heavy atom. The maximum atomic E-state index is 12.3. The molecule has 1 heterocycles. The number of nitrogens with one attached hydrogen (secondary N) is 1. The summed E-state index contributed by atoms with van der Waals surface area (Å²) in [6, 6.07) is 6.70. The Hall–Kier alpha value is -2.70. The minimum Gasteiger partial charge on any atom is -0.451 e. The highest BCUT2D eigenvalue weighted by Gasteiger charge is 2.18. The molecular formula is C19H25N3O4. The van der Waals surface area contributed by atoms with E-state index in [4.69, 9.17) is 4.74 Å². The summed E-state index contributed by atoms with van der Waals surface area (Å²) in [5.41, 5.74) is -0.280. The topological polar surface area (TPSA) is 90.3 Å². The lowest BCUT2D eigenvalue weighted by Crippen LogP contribution is -2.36. The molecule has 0 radical (unpaired) electrons. The zero-order chi connectivity index (χ0) is 19.3. The third kappa shape index (κ3) is 4.91. The molecule has 140 valence electrons. The smallest absolute Gasteiger partial charge is 0.359 e. The standard InChI is InChI=1S/C19H25N3O4/c1-12(2)9-10-13(3)20-16(23)11-26-19(25)17-14-7-5-6-8-15(14)18(24)22(4)21-17/h5-8,12-13H,9-11H2,1-4H3,(H,20,23). The predicted octanol–water partition coefficient (Wildman–Crippen LogP) is 2.03. The SMILES string of the molecule is CC(C)CCC(C)NC(=O)COC(=O)c1nn(C)c(=O)c2ccccc12. The number of hydrogen-bond donors (Lipinski definition) is 1. The summed E-state index contributed by atoms with van der Waals surface area (Å²) < 4.78 is 6.18. The highest BCUT2D eigenvalue weighted by molar-refractivity contribution is 6.02. The van der Waals surface area contributed by atoms with E-state index in [1.807, 2.05) is 6.92 Å². The van der Waals surface area contributed by atoms with Crippen molar-refractivity contribution in [1.82, 2.24) is 15.1 Å². The van der Waals surface area contributed by atoms with Gasteiger partial charge in [0.2, 0.25) is 0 Å². The number of fused-ring (bicyclic) bond motifs is 1. The number of aromatic nitrogens is 2. The average molecular weight is 359 g/mol. The molecule has 0 bridgehead atoms. The maximum Gasteiger partial charge on any atom is 0.359 e. The number of benzene rings is 1. The van der Waals surface area contributed by atoms with Crippen LogP contribution in [0, 0.1) is 5.92 Å². The maximum absolute atomic E-state index is 12.3. The van der Waals surface area contributed by atoms with Crippen LogP contribution in [0.3, 0.4) is 0 Å². The van der Waals surface area contributed by atoms with Crippen LogP contribution in [-0.2, 0) is 16.6 Å². The number of carbonyl (C=O) groups excluding carboxylic acids is 2. The van der Waals surface area contributed by atoms with Gasteiger partial charge < -0.3 is 10.1 Å². The van der Waals surface area contributed by atoms with Crippen LogP contribution in [-0.4, -0.2) is 34.3 Å². The zero-order valence-electron chi connectivity index (χ0n) is 15.6. The first-order valence-corrected chi connectivity index (χ1v) is 8.72. The predicted molar refractivity (Wildman–Crippen MR) is 98.9 cm³/mol. The van der Waals surface area contributed by atoms with E-state index >= 15 is 0 Å². The Morgan fingerprint density at radius 2 is 1.81 bits per heavy atom. The van der Waals surface area contributed by atoms with Gasteiger partial charge >= 0.3 is 5.97 Å². The molecule has 7 heteroatoms. The fraction of sp³-hybridized carbons (Fsp3) is 0.474. The first-order valence-electron chi connectivity index (χ1n) is 8.72. The molecule has 26 heavy (non-hydrogen) atoms. The van der Waals surface area contributed by atoms with Crippen molar-refractivity contribution in [1.29, 1.82) is 0 Å². The molecule has 0 saturated carbocycles. The van der Waals surface area contributed by atoms with Gasteiger partial charge in [-0.1, -0.05) is 32.0 Å². The summed E-state index contributed by atoms with van der Waals surface area (Å²) in [4.78, 5) is 36.4. The van der Waals surface area contributed by atoms with Crippen LogP contribution < -0.4 is 10.9 Å². The third-order valence-corrected chi connectivity index (χ3v) is 4.07. The Labute approximate surface area is 152 Å². The number of carbonyl (C=O) groups is 2. The second-order valence-corrected chi connectivity index (χ2v) is 6.84. The van der Waals surface area contributed by atoms with E-state index < -0.39 is 5.97 Å². The van der Waals surface area contributed by atoms with Gasteiger partial charge in [-0.2, -0.15) is 5.10 Å². The Bertz CT molecular complexity index is 857. The van der Waals surface area contributed by atoms with Gasteiger partial charge in [0.05, 0.1) is 5.39 Å². The van der Waals surface area contributed by atoms with Crippen LogP contribution in [0.25, 0.3) is 10.8 Å². The molecule has 0 aliphatic rings. The largest absolute Gasteiger partial charge is 0.451 e. The molecule has 1 amide bonds. The molecule has 1 aromatic heterocycles. The van der Waals surface area contributed by atoms with Crippen molar-refractivity contribution < 1.29 is 14.3 Å². The van der Waals surface area contributed by atoms with E-state index in [0.717, 1.165) is 17.5 Å². The van der Waals surface area contributed by atoms with E-state index in [-0.39, 0.29) is 29.8 Å². The average Bonchev–Trinajstić information content (AvgIpc) is 2.61. The van der Waals surface area contributed by atoms with Crippen LogP contribution in [0.15, 0.2) is 29.1 Å². The molecular weight excluding hydrogens is 334 g/mol. The van der Waals surface area contributed by atoms with Crippen LogP contribution in [0.4, 0.5) is 0 Å². The highest BCUT2D eigenvalue weighted by atomic mass is 16.5. The Balaban J connectivity index is 2.03. The van der Waals surface area contributed by atoms with Crippen molar-refractivity contribution in [3.8, 4) is 0 Å². The second-order valence-electron chi connectivity index (χ2n) is 6.84. The number of nitrogens with zero attached hydrogens (tertiary/aromatic N) is 2. The first-order chi connectivity index (χ1) is 12.3. The van der Waals surface area contributed by atoms with Crippen molar-refractivity contribution in [3.63, 3.8) is 0 Å². The summed E-state index contributed by atoms with van der Waals surface area (Å²) in [5, 5.41) is 7.58. The molecule has 0 aliphatic heterocycles. The minimum atomic E-state index is -0.734. The van der Waals surface area contributed by atoms with Crippen LogP contribution in [0.5, 0.6) is 0 Å². The van der Waals surface area contributed by atoms with Crippen molar-refractivity contribution in [2.45, 2.75) is 39.7 Å². The number of esters is 1. The van der Waals surface area contributed by atoms with E-state index in [9.17, 15) is 14.4 Å². The summed E-state index contributed by atoms with van der Waals surface area (Å²) in [6.07, 6.45) is 1.87. The molecule has 2 rings (SSSR count). The van der Waals surface area contributed by atoms with Crippen molar-refractivity contribution in [2.75, 3.05) is 6.61 Å². The fourth-order valence-corrected chi connectivity index (χ4v) is 2.62. The number of amides is 1. The molecule has 1 atom stereocenters. The first kappa shape index (κ1) is 19.6. The van der Waals surface area contributed by atoms with Crippen molar-refractivity contribution in [3.05, 3.63) is 40.3 Å². The monoisotopic (exact) mass is 359 g/mol. The molecule has 0 spiro atoms. The zero-order valence-corrected chi connectivity index (χ0v) is 15.6. The lowest BCUT2D eigenvalue weighted by Gasteiger charge is -2.15. The van der Waals surface area contributed by atoms with Gasteiger partial charge in [-0.05, 0) is 31.7 Å². The van der Waals surface area contributed by atoms with E-state index in [0.29, 0.717) is 16.7 Å². The molecule has 0 saturated heterocycles. The van der Waals surface area contributed by atoms with Gasteiger partial charge in [-0.3, -0.25) is 9.59 Å². The van der Waals surface area contributed by atoms with Gasteiger partial charge in [-0.15, -0.1) is 0 Å². The van der Waals surface area contributed by atoms with Gasteiger partial charge in [-0.25, -0.2) is 9.48 Å². The van der Waals surface area contributed by atoms with Gasteiger partial charge in [0, 0.05) is 18.5 Å². The minimum absolute atomic E-state index is 0.0140. The van der Waals surface area contributed by atoms with Crippen LogP contribution in [0.1, 0.15) is 44.1 Å². The van der Waals surface area contributed by atoms with Gasteiger partial charge in [0.15, 0.2) is 12.3 Å². The summed E-state index contributed by atoms with van der Waals surface area (Å²) in [5.74, 6) is -0.526. The van der Waals surface area contributed by atoms with Gasteiger partial charge in [0.25, 0.3) is 11.5 Å². The molecule has 0 aliphatic carbocycles. The summed E-state index contributed by atoms with van der Waals surface area (Å²) in [6.45, 7) is 5.79. The number of ether oxygens (including phenoxy) is 1. The number of hydrogen-bond acceptors (Lipinski definition) is 5. The molecule has 0 fully saturated rings. The fourth-order valence-electron chi connectivity index (χ4n) is 2.62. The van der Waals surface area contributed by atoms with E-state index in [2.05, 4.69) is 24.3 Å². The molecule has 1 unspecified atom stereocenters. The van der Waals surface area contributed by atoms with Crippen LogP contribution >= 0.6 is 0 Å². The Kier molecular flexibility index (Phi) is 6.49. The highest BCUT2D eigenvalue weighted by Crippen LogP contribution is 2.14. The lowest BCUT2D eigenvalue weighted by atomic mass is 10.0. The molecule has 7 nitrogen and oxygen atoms in total. The molecule has 1 N–H and O–H groups in total. The number of rotatable bonds is 7.